The first-order valence-electron chi connectivity index (χ1n) is 13.7. The van der Waals surface area contributed by atoms with Gasteiger partial charge in [0.25, 0.3) is 0 Å². The van der Waals surface area contributed by atoms with Crippen molar-refractivity contribution in [2.45, 2.75) is 25.2 Å². The summed E-state index contributed by atoms with van der Waals surface area (Å²) in [6.45, 7) is 0.162. The SMILES string of the molecule is O=C(O)CCN(C(=O)OCC1c2ccccc2-c2ccccc21)c1ccc(Br)nc1.O=C(O)Cc1cccc(I)c1CC(=O)O. The van der Waals surface area contributed by atoms with Gasteiger partial charge in [-0.3, -0.25) is 19.3 Å². The number of carbonyl (C=O) groups is 4. The molecule has 1 aliphatic carbocycles. The first kappa shape index (κ1) is 33.6. The molecule has 0 unspecified atom stereocenters. The molecule has 0 bridgehead atoms. The number of ether oxygens (including phenoxy) is 1. The van der Waals surface area contributed by atoms with Gasteiger partial charge in [-0.2, -0.15) is 0 Å². The molecule has 4 aromatic rings. The van der Waals surface area contributed by atoms with Crippen LogP contribution in [0.15, 0.2) is 89.7 Å². The second-order valence-electron chi connectivity index (χ2n) is 9.96. The normalized spacial score (nSPS) is 11.4. The molecule has 1 heterocycles. The van der Waals surface area contributed by atoms with Crippen molar-refractivity contribution in [2.75, 3.05) is 18.1 Å². The van der Waals surface area contributed by atoms with Gasteiger partial charge in [0.2, 0.25) is 0 Å². The second kappa shape index (κ2) is 15.6. The summed E-state index contributed by atoms with van der Waals surface area (Å²) >= 11 is 5.27. The molecule has 1 aliphatic rings. The topological polar surface area (TPSA) is 154 Å². The molecule has 10 nitrogen and oxygen atoms in total. The van der Waals surface area contributed by atoms with Gasteiger partial charge in [-0.05, 0) is 90.1 Å². The highest BCUT2D eigenvalue weighted by molar-refractivity contribution is 14.1. The zero-order valence-electron chi connectivity index (χ0n) is 23.7. The summed E-state index contributed by atoms with van der Waals surface area (Å²) in [5, 5.41) is 26.4. The van der Waals surface area contributed by atoms with Crippen molar-refractivity contribution < 1.29 is 39.2 Å². The van der Waals surface area contributed by atoms with E-state index < -0.39 is 24.0 Å². The minimum atomic E-state index is -0.989. The molecule has 12 heteroatoms. The molecule has 3 aromatic carbocycles. The Balaban J connectivity index is 0.000000259. The molecule has 0 fully saturated rings. The van der Waals surface area contributed by atoms with E-state index >= 15 is 0 Å². The lowest BCUT2D eigenvalue weighted by atomic mass is 9.98. The minimum absolute atomic E-state index is 0.00464. The summed E-state index contributed by atoms with van der Waals surface area (Å²) in [7, 11) is 0. The fourth-order valence-corrected chi connectivity index (χ4v) is 5.99. The molecular formula is C33H28BrIN2O8. The van der Waals surface area contributed by atoms with E-state index in [1.165, 1.54) is 11.1 Å². The Labute approximate surface area is 281 Å². The van der Waals surface area contributed by atoms with E-state index in [2.05, 4.69) is 45.2 Å². The number of rotatable bonds is 10. The smallest absolute Gasteiger partial charge is 0.414 e. The minimum Gasteiger partial charge on any atom is -0.481 e. The quantitative estimate of drug-likeness (QED) is 0.119. The highest BCUT2D eigenvalue weighted by Crippen LogP contribution is 2.44. The van der Waals surface area contributed by atoms with Gasteiger partial charge >= 0.3 is 24.0 Å². The Hall–Kier alpha value is -4.30. The van der Waals surface area contributed by atoms with Crippen LogP contribution < -0.4 is 4.90 Å². The van der Waals surface area contributed by atoms with Gasteiger partial charge in [0.05, 0.1) is 31.1 Å². The summed E-state index contributed by atoms with van der Waals surface area (Å²) in [6.07, 6.45) is 0.441. The average Bonchev–Trinajstić information content (AvgIpc) is 3.32. The Morgan fingerprint density at radius 3 is 1.98 bits per heavy atom. The zero-order chi connectivity index (χ0) is 32.5. The number of carboxylic acids is 3. The van der Waals surface area contributed by atoms with Crippen LogP contribution in [0.4, 0.5) is 10.5 Å². The third-order valence-electron chi connectivity index (χ3n) is 7.01. The largest absolute Gasteiger partial charge is 0.481 e. The van der Waals surface area contributed by atoms with E-state index in [9.17, 15) is 19.2 Å². The lowest BCUT2D eigenvalue weighted by Gasteiger charge is -2.23. The van der Waals surface area contributed by atoms with Crippen LogP contribution in [0, 0.1) is 3.57 Å². The number of hydrogen-bond acceptors (Lipinski definition) is 6. The first-order chi connectivity index (χ1) is 21.5. The van der Waals surface area contributed by atoms with E-state index in [0.717, 1.165) is 25.8 Å². The van der Waals surface area contributed by atoms with Crippen LogP contribution in [-0.2, 0) is 32.0 Å². The standard InChI is InChI=1S/C23H19BrN2O4.C10H9IO4/c24-21-10-9-15(13-25-21)26(12-11-22(27)28)23(29)30-14-20-18-7-3-1-5-16(18)17-6-2-4-8-19(17)20;11-8-3-1-2-6(4-9(12)13)7(8)5-10(14)15/h1-10,13,20H,11-12,14H2,(H,27,28);1-3H,4-5H2,(H,12,13)(H,14,15). The lowest BCUT2D eigenvalue weighted by Crippen LogP contribution is -2.34. The summed E-state index contributed by atoms with van der Waals surface area (Å²) in [4.78, 5) is 50.6. The first-order valence-corrected chi connectivity index (χ1v) is 15.6. The third-order valence-corrected chi connectivity index (χ3v) is 8.49. The van der Waals surface area contributed by atoms with Gasteiger partial charge in [-0.25, -0.2) is 9.78 Å². The molecule has 0 radical (unpaired) electrons. The fraction of sp³-hybridized carbons (Fsp3) is 0.182. The molecule has 0 aliphatic heterocycles. The predicted octanol–water partition coefficient (Wildman–Crippen LogP) is 6.62. The molecule has 45 heavy (non-hydrogen) atoms. The average molecular weight is 787 g/mol. The van der Waals surface area contributed by atoms with E-state index in [-0.39, 0.29) is 38.3 Å². The van der Waals surface area contributed by atoms with Crippen molar-refractivity contribution in [1.82, 2.24) is 4.98 Å². The van der Waals surface area contributed by atoms with Crippen molar-refractivity contribution in [2.24, 2.45) is 0 Å². The summed E-state index contributed by atoms with van der Waals surface area (Å²) in [5.74, 6) is -2.96. The molecule has 5 rings (SSSR count). The van der Waals surface area contributed by atoms with Crippen LogP contribution in [0.1, 0.15) is 34.6 Å². The van der Waals surface area contributed by atoms with Crippen LogP contribution in [0.25, 0.3) is 11.1 Å². The number of carboxylic acid groups (broad SMARTS) is 3. The Kier molecular flexibility index (Phi) is 11.7. The van der Waals surface area contributed by atoms with Crippen molar-refractivity contribution in [3.05, 3.63) is 115 Å². The van der Waals surface area contributed by atoms with Gasteiger partial charge in [0.1, 0.15) is 11.2 Å². The molecular weight excluding hydrogens is 759 g/mol. The van der Waals surface area contributed by atoms with Crippen molar-refractivity contribution >= 4 is 68.2 Å². The monoisotopic (exact) mass is 786 g/mol. The fourth-order valence-electron chi connectivity index (χ4n) is 5.01. The van der Waals surface area contributed by atoms with Crippen molar-refractivity contribution in [1.29, 1.82) is 0 Å². The number of hydrogen-bond donors (Lipinski definition) is 3. The highest BCUT2D eigenvalue weighted by atomic mass is 127. The van der Waals surface area contributed by atoms with Crippen LogP contribution in [-0.4, -0.2) is 57.5 Å². The van der Waals surface area contributed by atoms with Crippen LogP contribution in [0.5, 0.6) is 0 Å². The number of benzene rings is 3. The van der Waals surface area contributed by atoms with Gasteiger partial charge in [0.15, 0.2) is 0 Å². The number of halogens is 2. The molecule has 1 amide bonds. The van der Waals surface area contributed by atoms with Crippen molar-refractivity contribution in [3.8, 4) is 11.1 Å². The van der Waals surface area contributed by atoms with Gasteiger partial charge in [0, 0.05) is 16.0 Å². The Morgan fingerprint density at radius 1 is 0.800 bits per heavy atom. The number of amides is 1. The number of nitrogens with zero attached hydrogens (tertiary/aromatic N) is 2. The number of fused-ring (bicyclic) bond motifs is 3. The number of aliphatic carboxylic acids is 3. The third kappa shape index (κ3) is 8.88. The molecule has 0 saturated heterocycles. The maximum Gasteiger partial charge on any atom is 0.414 e. The maximum atomic E-state index is 12.9. The van der Waals surface area contributed by atoms with E-state index in [1.807, 2.05) is 46.9 Å². The molecule has 232 valence electrons. The van der Waals surface area contributed by atoms with E-state index in [0.29, 0.717) is 21.4 Å². The number of aromatic nitrogens is 1. The summed E-state index contributed by atoms with van der Waals surface area (Å²) in [5.41, 5.74) is 6.17. The van der Waals surface area contributed by atoms with Crippen LogP contribution in [0.2, 0.25) is 0 Å². The second-order valence-corrected chi connectivity index (χ2v) is 11.9. The maximum absolute atomic E-state index is 12.9. The van der Waals surface area contributed by atoms with E-state index in [1.54, 1.807) is 30.3 Å². The molecule has 1 aromatic heterocycles. The van der Waals surface area contributed by atoms with E-state index in [4.69, 9.17) is 20.1 Å². The molecule has 0 spiro atoms. The molecule has 0 atom stereocenters. The van der Waals surface area contributed by atoms with Gasteiger partial charge in [-0.15, -0.1) is 0 Å². The number of pyridine rings is 1. The summed E-state index contributed by atoms with van der Waals surface area (Å²) in [6, 6.07) is 24.7. The van der Waals surface area contributed by atoms with Crippen LogP contribution in [0.3, 0.4) is 0 Å². The molecule has 3 N–H and O–H groups in total. The molecule has 0 saturated carbocycles. The summed E-state index contributed by atoms with van der Waals surface area (Å²) < 4.78 is 7.08. The van der Waals surface area contributed by atoms with Gasteiger partial charge < -0.3 is 20.1 Å². The Bertz CT molecular complexity index is 1670. The highest BCUT2D eigenvalue weighted by Gasteiger charge is 2.30. The lowest BCUT2D eigenvalue weighted by molar-refractivity contribution is -0.137. The zero-order valence-corrected chi connectivity index (χ0v) is 27.5. The van der Waals surface area contributed by atoms with Crippen molar-refractivity contribution in [3.63, 3.8) is 0 Å². The Morgan fingerprint density at radius 2 is 1.42 bits per heavy atom. The predicted molar refractivity (Wildman–Crippen MR) is 178 cm³/mol. The van der Waals surface area contributed by atoms with Gasteiger partial charge in [-0.1, -0.05) is 60.7 Å². The number of carbonyl (C=O) groups excluding carboxylic acids is 1. The van der Waals surface area contributed by atoms with Crippen LogP contribution >= 0.6 is 38.5 Å². The number of anilines is 1.